The topological polar surface area (TPSA) is 43.8 Å². The van der Waals surface area contributed by atoms with Crippen molar-refractivity contribution in [2.75, 3.05) is 5.73 Å². The van der Waals surface area contributed by atoms with Crippen molar-refractivity contribution in [3.05, 3.63) is 41.2 Å². The van der Waals surface area contributed by atoms with Gasteiger partial charge in [-0.05, 0) is 18.6 Å². The third-order valence-corrected chi connectivity index (χ3v) is 2.29. The highest BCUT2D eigenvalue weighted by Crippen LogP contribution is 2.21. The number of nitrogens with zero attached hydrogens (tertiary/aromatic N) is 2. The molecule has 0 aliphatic carbocycles. The molecule has 0 atom stereocenters. The first-order chi connectivity index (χ1) is 6.68. The molecule has 4 heteroatoms. The van der Waals surface area contributed by atoms with Gasteiger partial charge in [0.2, 0.25) is 0 Å². The number of benzene rings is 1. The summed E-state index contributed by atoms with van der Waals surface area (Å²) in [6.07, 6.45) is 3.32. The number of nitrogen functional groups attached to an aromatic ring is 1. The lowest BCUT2D eigenvalue weighted by Gasteiger charge is -2.07. The van der Waals surface area contributed by atoms with Crippen LogP contribution in [0.3, 0.4) is 0 Å². The SMILES string of the molecule is Cc1cccc(-n2cc(Cl)cn2)c1N. The monoisotopic (exact) mass is 207 g/mol. The number of hydrogen-bond acceptors (Lipinski definition) is 2. The Morgan fingerprint density at radius 1 is 1.43 bits per heavy atom. The molecule has 2 rings (SSSR count). The van der Waals surface area contributed by atoms with Gasteiger partial charge in [-0.2, -0.15) is 5.10 Å². The van der Waals surface area contributed by atoms with E-state index in [0.717, 1.165) is 16.9 Å². The molecule has 2 N–H and O–H groups in total. The van der Waals surface area contributed by atoms with Gasteiger partial charge >= 0.3 is 0 Å². The summed E-state index contributed by atoms with van der Waals surface area (Å²) >= 11 is 5.78. The van der Waals surface area contributed by atoms with Crippen molar-refractivity contribution in [2.45, 2.75) is 6.92 Å². The van der Waals surface area contributed by atoms with Crippen LogP contribution in [0.2, 0.25) is 5.02 Å². The fourth-order valence-electron chi connectivity index (χ4n) is 1.30. The van der Waals surface area contributed by atoms with E-state index >= 15 is 0 Å². The number of nitrogens with two attached hydrogens (primary N) is 1. The maximum atomic E-state index is 5.92. The van der Waals surface area contributed by atoms with Gasteiger partial charge in [0.25, 0.3) is 0 Å². The van der Waals surface area contributed by atoms with Crippen molar-refractivity contribution in [2.24, 2.45) is 0 Å². The molecule has 0 amide bonds. The van der Waals surface area contributed by atoms with E-state index < -0.39 is 0 Å². The van der Waals surface area contributed by atoms with Crippen LogP contribution in [0.15, 0.2) is 30.6 Å². The molecule has 0 bridgehead atoms. The van der Waals surface area contributed by atoms with E-state index in [0.29, 0.717) is 5.02 Å². The summed E-state index contributed by atoms with van der Waals surface area (Å²) in [6, 6.07) is 5.81. The summed E-state index contributed by atoms with van der Waals surface area (Å²) in [5.41, 5.74) is 8.54. The molecule has 1 aromatic heterocycles. The summed E-state index contributed by atoms with van der Waals surface area (Å²) in [6.45, 7) is 1.96. The normalized spacial score (nSPS) is 10.4. The number of aromatic nitrogens is 2. The molecular formula is C10H10ClN3. The highest BCUT2D eigenvalue weighted by molar-refractivity contribution is 6.30. The summed E-state index contributed by atoms with van der Waals surface area (Å²) in [5, 5.41) is 4.70. The maximum Gasteiger partial charge on any atom is 0.0878 e. The first-order valence-corrected chi connectivity index (χ1v) is 4.62. The Bertz CT molecular complexity index is 462. The Hall–Kier alpha value is -1.48. The van der Waals surface area contributed by atoms with Crippen LogP contribution in [-0.2, 0) is 0 Å². The Kier molecular flexibility index (Phi) is 2.17. The molecule has 1 aromatic carbocycles. The van der Waals surface area contributed by atoms with Crippen LogP contribution in [0.25, 0.3) is 5.69 Å². The summed E-state index contributed by atoms with van der Waals surface area (Å²) < 4.78 is 1.67. The number of anilines is 1. The minimum atomic E-state index is 0.603. The fraction of sp³-hybridized carbons (Fsp3) is 0.100. The van der Waals surface area contributed by atoms with Gasteiger partial charge < -0.3 is 5.73 Å². The van der Waals surface area contributed by atoms with Gasteiger partial charge in [-0.3, -0.25) is 0 Å². The van der Waals surface area contributed by atoms with Crippen LogP contribution < -0.4 is 5.73 Å². The van der Waals surface area contributed by atoms with Gasteiger partial charge in [-0.25, -0.2) is 4.68 Å². The average molecular weight is 208 g/mol. The van der Waals surface area contributed by atoms with Crippen LogP contribution in [-0.4, -0.2) is 9.78 Å². The highest BCUT2D eigenvalue weighted by Gasteiger charge is 2.04. The molecule has 0 saturated carbocycles. The third kappa shape index (κ3) is 1.46. The van der Waals surface area contributed by atoms with Gasteiger partial charge in [0.1, 0.15) is 0 Å². The molecule has 0 saturated heterocycles. The van der Waals surface area contributed by atoms with E-state index in [-0.39, 0.29) is 0 Å². The lowest BCUT2D eigenvalue weighted by Crippen LogP contribution is -2.01. The van der Waals surface area contributed by atoms with Gasteiger partial charge in [-0.15, -0.1) is 0 Å². The molecule has 0 fully saturated rings. The molecule has 0 aliphatic heterocycles. The molecule has 3 nitrogen and oxygen atoms in total. The molecule has 2 aromatic rings. The van der Waals surface area contributed by atoms with Crippen molar-refractivity contribution in [1.82, 2.24) is 9.78 Å². The minimum absolute atomic E-state index is 0.603. The van der Waals surface area contributed by atoms with E-state index in [9.17, 15) is 0 Å². The summed E-state index contributed by atoms with van der Waals surface area (Å²) in [5.74, 6) is 0. The molecule has 0 unspecified atom stereocenters. The number of aryl methyl sites for hydroxylation is 1. The van der Waals surface area contributed by atoms with Crippen molar-refractivity contribution >= 4 is 17.3 Å². The number of para-hydroxylation sites is 1. The van der Waals surface area contributed by atoms with Crippen LogP contribution in [0.5, 0.6) is 0 Å². The van der Waals surface area contributed by atoms with Gasteiger partial charge in [0.05, 0.1) is 22.6 Å². The minimum Gasteiger partial charge on any atom is -0.397 e. The standard InChI is InChI=1S/C10H10ClN3/c1-7-3-2-4-9(10(7)12)14-6-8(11)5-13-14/h2-6H,12H2,1H3. The van der Waals surface area contributed by atoms with Crippen LogP contribution in [0.1, 0.15) is 5.56 Å². The summed E-state index contributed by atoms with van der Waals surface area (Å²) in [7, 11) is 0. The van der Waals surface area contributed by atoms with Gasteiger partial charge in [0.15, 0.2) is 0 Å². The highest BCUT2D eigenvalue weighted by atomic mass is 35.5. The second kappa shape index (κ2) is 3.35. The smallest absolute Gasteiger partial charge is 0.0878 e. The molecule has 0 radical (unpaired) electrons. The quantitative estimate of drug-likeness (QED) is 0.730. The second-order valence-corrected chi connectivity index (χ2v) is 3.55. The fourth-order valence-corrected chi connectivity index (χ4v) is 1.43. The number of halogens is 1. The van der Waals surface area contributed by atoms with E-state index in [1.807, 2.05) is 25.1 Å². The largest absolute Gasteiger partial charge is 0.397 e. The Labute approximate surface area is 87.1 Å². The van der Waals surface area contributed by atoms with Crippen molar-refractivity contribution < 1.29 is 0 Å². The first-order valence-electron chi connectivity index (χ1n) is 4.24. The zero-order valence-electron chi connectivity index (χ0n) is 7.74. The molecule has 72 valence electrons. The maximum absolute atomic E-state index is 5.92. The average Bonchev–Trinajstić information content (AvgIpc) is 2.57. The lowest BCUT2D eigenvalue weighted by atomic mass is 10.2. The van der Waals surface area contributed by atoms with E-state index in [2.05, 4.69) is 5.10 Å². The van der Waals surface area contributed by atoms with Gasteiger partial charge in [-0.1, -0.05) is 23.7 Å². The van der Waals surface area contributed by atoms with Crippen LogP contribution in [0.4, 0.5) is 5.69 Å². The molecule has 14 heavy (non-hydrogen) atoms. The van der Waals surface area contributed by atoms with Crippen molar-refractivity contribution in [1.29, 1.82) is 0 Å². The number of rotatable bonds is 1. The zero-order chi connectivity index (χ0) is 10.1. The molecule has 0 spiro atoms. The third-order valence-electron chi connectivity index (χ3n) is 2.10. The Morgan fingerprint density at radius 2 is 2.21 bits per heavy atom. The summed E-state index contributed by atoms with van der Waals surface area (Å²) in [4.78, 5) is 0. The van der Waals surface area contributed by atoms with Crippen LogP contribution in [0, 0.1) is 6.92 Å². The van der Waals surface area contributed by atoms with E-state index in [1.165, 1.54) is 0 Å². The molecule has 0 aliphatic rings. The molecular weight excluding hydrogens is 198 g/mol. The Morgan fingerprint density at radius 3 is 2.86 bits per heavy atom. The van der Waals surface area contributed by atoms with Gasteiger partial charge in [0, 0.05) is 6.20 Å². The molecule has 1 heterocycles. The lowest BCUT2D eigenvalue weighted by molar-refractivity contribution is 0.882. The van der Waals surface area contributed by atoms with Crippen LogP contribution >= 0.6 is 11.6 Å². The van der Waals surface area contributed by atoms with E-state index in [4.69, 9.17) is 17.3 Å². The Balaban J connectivity index is 2.57. The predicted octanol–water partition coefficient (Wildman–Crippen LogP) is 2.42. The van der Waals surface area contributed by atoms with Crippen molar-refractivity contribution in [3.8, 4) is 5.69 Å². The second-order valence-electron chi connectivity index (χ2n) is 3.11. The number of hydrogen-bond donors (Lipinski definition) is 1. The first kappa shape index (κ1) is 9.09. The zero-order valence-corrected chi connectivity index (χ0v) is 8.49. The van der Waals surface area contributed by atoms with Crippen molar-refractivity contribution in [3.63, 3.8) is 0 Å². The predicted molar refractivity (Wildman–Crippen MR) is 57.7 cm³/mol. The van der Waals surface area contributed by atoms with E-state index in [1.54, 1.807) is 17.1 Å².